The van der Waals surface area contributed by atoms with E-state index in [0.29, 0.717) is 46.7 Å². The summed E-state index contributed by atoms with van der Waals surface area (Å²) in [4.78, 5) is 22.0. The lowest BCUT2D eigenvalue weighted by molar-refractivity contribution is 0.242. The van der Waals surface area contributed by atoms with E-state index in [1.165, 1.54) is 0 Å². The topological polar surface area (TPSA) is 62.1 Å². The maximum atomic E-state index is 12.5. The molecule has 1 aliphatic rings. The summed E-state index contributed by atoms with van der Waals surface area (Å²) < 4.78 is 5.32. The highest BCUT2D eigenvalue weighted by Crippen LogP contribution is 2.23. The SMILES string of the molecule is O=c1[nH]c(-c2ccco2)nc2c1CN(Cc1cc(Cl)cc(Cl)c1)CC2. The standard InChI is InChI=1S/C18H15Cl2N3O2/c19-12-6-11(7-13(20)8-12)9-23-4-3-15-14(10-23)18(24)22-17(21-15)16-2-1-5-25-16/h1-2,5-8H,3-4,9-10H2,(H,21,22,24). The molecule has 0 bridgehead atoms. The largest absolute Gasteiger partial charge is 0.461 e. The Bertz CT molecular complexity index is 947. The number of nitrogens with one attached hydrogen (secondary N) is 1. The van der Waals surface area contributed by atoms with Crippen LogP contribution in [0.25, 0.3) is 11.6 Å². The van der Waals surface area contributed by atoms with Gasteiger partial charge in [0.2, 0.25) is 0 Å². The zero-order valence-corrected chi connectivity index (χ0v) is 14.8. The van der Waals surface area contributed by atoms with Gasteiger partial charge in [0, 0.05) is 36.1 Å². The minimum atomic E-state index is -0.120. The maximum absolute atomic E-state index is 12.5. The normalized spacial score (nSPS) is 14.5. The Morgan fingerprint density at radius 1 is 1.24 bits per heavy atom. The molecule has 0 aliphatic carbocycles. The Morgan fingerprint density at radius 3 is 2.76 bits per heavy atom. The predicted molar refractivity (Wildman–Crippen MR) is 96.8 cm³/mol. The molecular formula is C18H15Cl2N3O2. The molecule has 0 saturated heterocycles. The number of H-pyrrole nitrogens is 1. The molecular weight excluding hydrogens is 361 g/mol. The van der Waals surface area contributed by atoms with Gasteiger partial charge in [-0.15, -0.1) is 0 Å². The van der Waals surface area contributed by atoms with E-state index in [1.54, 1.807) is 24.5 Å². The van der Waals surface area contributed by atoms with Crippen LogP contribution in [0.2, 0.25) is 10.0 Å². The van der Waals surface area contributed by atoms with Crippen LogP contribution in [0.15, 0.2) is 45.8 Å². The van der Waals surface area contributed by atoms with Gasteiger partial charge < -0.3 is 9.40 Å². The first-order chi connectivity index (χ1) is 12.1. The van der Waals surface area contributed by atoms with Crippen molar-refractivity contribution < 1.29 is 4.42 Å². The van der Waals surface area contributed by atoms with E-state index < -0.39 is 0 Å². The highest BCUT2D eigenvalue weighted by atomic mass is 35.5. The Kier molecular flexibility index (Phi) is 4.37. The van der Waals surface area contributed by atoms with Crippen LogP contribution in [-0.4, -0.2) is 21.4 Å². The van der Waals surface area contributed by atoms with Crippen LogP contribution < -0.4 is 5.56 Å². The summed E-state index contributed by atoms with van der Waals surface area (Å²) in [7, 11) is 0. The molecule has 4 rings (SSSR count). The monoisotopic (exact) mass is 375 g/mol. The van der Waals surface area contributed by atoms with E-state index in [2.05, 4.69) is 14.9 Å². The number of furan rings is 1. The minimum Gasteiger partial charge on any atom is -0.461 e. The van der Waals surface area contributed by atoms with E-state index in [-0.39, 0.29) is 5.56 Å². The van der Waals surface area contributed by atoms with Crippen molar-refractivity contribution in [1.29, 1.82) is 0 Å². The van der Waals surface area contributed by atoms with Crippen molar-refractivity contribution in [2.75, 3.05) is 6.54 Å². The Balaban J connectivity index is 1.58. The predicted octanol–water partition coefficient (Wildman–Crippen LogP) is 3.90. The minimum absolute atomic E-state index is 0.120. The molecule has 0 atom stereocenters. The molecule has 3 heterocycles. The molecule has 7 heteroatoms. The number of aromatic nitrogens is 2. The Labute approximate surface area is 154 Å². The number of halogens is 2. The van der Waals surface area contributed by atoms with Gasteiger partial charge in [-0.05, 0) is 35.9 Å². The third-order valence-electron chi connectivity index (χ3n) is 4.23. The number of hydrogen-bond donors (Lipinski definition) is 1. The number of nitrogens with zero attached hydrogens (tertiary/aromatic N) is 2. The second kappa shape index (κ2) is 6.67. The van der Waals surface area contributed by atoms with E-state index in [0.717, 1.165) is 17.8 Å². The third kappa shape index (κ3) is 3.49. The molecule has 0 saturated carbocycles. The summed E-state index contributed by atoms with van der Waals surface area (Å²) in [5.41, 5.74) is 2.44. The fraction of sp³-hybridized carbons (Fsp3) is 0.222. The summed E-state index contributed by atoms with van der Waals surface area (Å²) in [5.74, 6) is 1.04. The van der Waals surface area contributed by atoms with Gasteiger partial charge in [-0.1, -0.05) is 23.2 Å². The maximum Gasteiger partial charge on any atom is 0.256 e. The molecule has 2 aromatic heterocycles. The lowest BCUT2D eigenvalue weighted by atomic mass is 10.1. The van der Waals surface area contributed by atoms with Gasteiger partial charge in [-0.3, -0.25) is 9.69 Å². The molecule has 3 aromatic rings. The number of benzene rings is 1. The van der Waals surface area contributed by atoms with Crippen LogP contribution in [0.3, 0.4) is 0 Å². The molecule has 0 unspecified atom stereocenters. The van der Waals surface area contributed by atoms with Crippen LogP contribution in [0, 0.1) is 0 Å². The summed E-state index contributed by atoms with van der Waals surface area (Å²) >= 11 is 12.1. The number of aromatic amines is 1. The fourth-order valence-electron chi connectivity index (χ4n) is 3.11. The van der Waals surface area contributed by atoms with Gasteiger partial charge >= 0.3 is 0 Å². The van der Waals surface area contributed by atoms with Crippen molar-refractivity contribution >= 4 is 23.2 Å². The molecule has 0 amide bonds. The zero-order chi connectivity index (χ0) is 17.4. The van der Waals surface area contributed by atoms with Crippen LogP contribution in [0.1, 0.15) is 16.8 Å². The fourth-order valence-corrected chi connectivity index (χ4v) is 3.68. The molecule has 1 aliphatic heterocycles. The van der Waals surface area contributed by atoms with Crippen LogP contribution >= 0.6 is 23.2 Å². The van der Waals surface area contributed by atoms with E-state index in [4.69, 9.17) is 27.6 Å². The Hall–Kier alpha value is -2.08. The first-order valence-electron chi connectivity index (χ1n) is 7.92. The molecule has 128 valence electrons. The van der Waals surface area contributed by atoms with E-state index in [1.807, 2.05) is 12.1 Å². The quantitative estimate of drug-likeness (QED) is 0.753. The summed E-state index contributed by atoms with van der Waals surface area (Å²) in [6.07, 6.45) is 2.27. The van der Waals surface area contributed by atoms with E-state index in [9.17, 15) is 4.79 Å². The highest BCUT2D eigenvalue weighted by molar-refractivity contribution is 6.34. The molecule has 0 spiro atoms. The zero-order valence-electron chi connectivity index (χ0n) is 13.3. The second-order valence-corrected chi connectivity index (χ2v) is 6.93. The van der Waals surface area contributed by atoms with Gasteiger partial charge in [0.15, 0.2) is 11.6 Å². The van der Waals surface area contributed by atoms with Crippen molar-refractivity contribution in [3.05, 3.63) is 73.8 Å². The summed E-state index contributed by atoms with van der Waals surface area (Å²) in [6.45, 7) is 2.03. The average Bonchev–Trinajstić information content (AvgIpc) is 3.09. The van der Waals surface area contributed by atoms with Crippen LogP contribution in [0.5, 0.6) is 0 Å². The number of rotatable bonds is 3. The molecule has 1 aromatic carbocycles. The van der Waals surface area contributed by atoms with Crippen LogP contribution in [-0.2, 0) is 19.5 Å². The molecule has 0 fully saturated rings. The first-order valence-corrected chi connectivity index (χ1v) is 8.67. The highest BCUT2D eigenvalue weighted by Gasteiger charge is 2.22. The lowest BCUT2D eigenvalue weighted by Gasteiger charge is -2.27. The smallest absolute Gasteiger partial charge is 0.256 e. The average molecular weight is 376 g/mol. The van der Waals surface area contributed by atoms with Crippen molar-refractivity contribution in [2.24, 2.45) is 0 Å². The van der Waals surface area contributed by atoms with Crippen molar-refractivity contribution in [1.82, 2.24) is 14.9 Å². The second-order valence-electron chi connectivity index (χ2n) is 6.06. The van der Waals surface area contributed by atoms with Gasteiger partial charge in [-0.25, -0.2) is 4.98 Å². The summed E-state index contributed by atoms with van der Waals surface area (Å²) in [6, 6.07) is 9.05. The first kappa shape index (κ1) is 16.4. The Morgan fingerprint density at radius 2 is 2.04 bits per heavy atom. The molecule has 1 N–H and O–H groups in total. The number of hydrogen-bond acceptors (Lipinski definition) is 4. The van der Waals surface area contributed by atoms with Gasteiger partial charge in [0.05, 0.1) is 17.5 Å². The van der Waals surface area contributed by atoms with E-state index >= 15 is 0 Å². The molecule has 25 heavy (non-hydrogen) atoms. The number of fused-ring (bicyclic) bond motifs is 1. The van der Waals surface area contributed by atoms with Gasteiger partial charge in [0.25, 0.3) is 5.56 Å². The van der Waals surface area contributed by atoms with Crippen LogP contribution in [0.4, 0.5) is 0 Å². The lowest BCUT2D eigenvalue weighted by Crippen LogP contribution is -2.35. The van der Waals surface area contributed by atoms with Gasteiger partial charge in [0.1, 0.15) is 0 Å². The van der Waals surface area contributed by atoms with Crippen molar-refractivity contribution in [2.45, 2.75) is 19.5 Å². The third-order valence-corrected chi connectivity index (χ3v) is 4.67. The summed E-state index contributed by atoms with van der Waals surface area (Å²) in [5, 5.41) is 1.23. The van der Waals surface area contributed by atoms with Crippen molar-refractivity contribution in [3.8, 4) is 11.6 Å². The molecule has 5 nitrogen and oxygen atoms in total. The van der Waals surface area contributed by atoms with Crippen molar-refractivity contribution in [3.63, 3.8) is 0 Å². The van der Waals surface area contributed by atoms with Gasteiger partial charge in [-0.2, -0.15) is 0 Å². The molecule has 0 radical (unpaired) electrons.